The monoisotopic (exact) mass is 156 g/mol. The minimum absolute atomic E-state index is 0.0110. The Morgan fingerprint density at radius 2 is 2.18 bits per heavy atom. The number of aliphatic carboxylic acids is 1. The lowest BCUT2D eigenvalue weighted by Crippen LogP contribution is -2.04. The van der Waals surface area contributed by atoms with E-state index in [1.807, 2.05) is 6.92 Å². The number of carboxylic acids is 1. The minimum Gasteiger partial charge on any atom is -0.483 e. The van der Waals surface area contributed by atoms with Gasteiger partial charge < -0.3 is 9.84 Å². The molecule has 0 aliphatic carbocycles. The summed E-state index contributed by atoms with van der Waals surface area (Å²) >= 11 is 0. The molecule has 0 aromatic rings. The number of allylic oxidation sites excluding steroid dienone is 2. The highest BCUT2D eigenvalue weighted by Crippen LogP contribution is 1.96. The highest BCUT2D eigenvalue weighted by Gasteiger charge is 2.04. The molecule has 62 valence electrons. The molecule has 3 heteroatoms. The van der Waals surface area contributed by atoms with Gasteiger partial charge in [-0.25, -0.2) is 4.79 Å². The predicted octanol–water partition coefficient (Wildman–Crippen LogP) is 1.57. The third-order valence-corrected chi connectivity index (χ3v) is 1.04. The summed E-state index contributed by atoms with van der Waals surface area (Å²) in [4.78, 5) is 10.3. The van der Waals surface area contributed by atoms with Gasteiger partial charge in [-0.1, -0.05) is 12.2 Å². The van der Waals surface area contributed by atoms with E-state index < -0.39 is 5.97 Å². The average molecular weight is 156 g/mol. The smallest absolute Gasteiger partial charge is 0.370 e. The molecule has 0 amide bonds. The second kappa shape index (κ2) is 5.53. The van der Waals surface area contributed by atoms with Gasteiger partial charge in [-0.15, -0.1) is 0 Å². The van der Waals surface area contributed by atoms with Crippen molar-refractivity contribution in [2.24, 2.45) is 0 Å². The quantitative estimate of drug-likeness (QED) is 0.381. The Morgan fingerprint density at radius 3 is 2.55 bits per heavy atom. The topological polar surface area (TPSA) is 46.5 Å². The zero-order valence-corrected chi connectivity index (χ0v) is 6.70. The fourth-order valence-electron chi connectivity index (χ4n) is 0.503. The Labute approximate surface area is 66.0 Å². The van der Waals surface area contributed by atoms with E-state index in [9.17, 15) is 4.79 Å². The van der Waals surface area contributed by atoms with E-state index in [0.717, 1.165) is 0 Å². The molecule has 0 bridgehead atoms. The van der Waals surface area contributed by atoms with Gasteiger partial charge >= 0.3 is 5.97 Å². The summed E-state index contributed by atoms with van der Waals surface area (Å²) in [7, 11) is 0. The molecule has 0 radical (unpaired) electrons. The molecule has 0 aromatic heterocycles. The number of ether oxygens (including phenoxy) is 1. The summed E-state index contributed by atoms with van der Waals surface area (Å²) in [6.45, 7) is 3.78. The predicted molar refractivity (Wildman–Crippen MR) is 42.2 cm³/mol. The fraction of sp³-hybridized carbons (Fsp3) is 0.375. The number of carboxylic acid groups (broad SMARTS) is 1. The van der Waals surface area contributed by atoms with Gasteiger partial charge in [0.05, 0.1) is 0 Å². The van der Waals surface area contributed by atoms with E-state index in [0.29, 0.717) is 6.61 Å². The van der Waals surface area contributed by atoms with E-state index >= 15 is 0 Å². The SMILES string of the molecule is C/C=C/CO/C(=C/C)C(=O)O. The van der Waals surface area contributed by atoms with E-state index in [4.69, 9.17) is 9.84 Å². The van der Waals surface area contributed by atoms with E-state index in [2.05, 4.69) is 0 Å². The first-order valence-corrected chi connectivity index (χ1v) is 3.36. The van der Waals surface area contributed by atoms with Gasteiger partial charge in [0.2, 0.25) is 0 Å². The normalized spacial score (nSPS) is 12.0. The second-order valence-corrected chi connectivity index (χ2v) is 1.84. The van der Waals surface area contributed by atoms with Crippen LogP contribution >= 0.6 is 0 Å². The zero-order chi connectivity index (χ0) is 8.69. The molecule has 0 saturated heterocycles. The van der Waals surface area contributed by atoms with Crippen LogP contribution in [0, 0.1) is 0 Å². The molecule has 0 spiro atoms. The Kier molecular flexibility index (Phi) is 4.90. The number of hydrogen-bond acceptors (Lipinski definition) is 2. The standard InChI is InChI=1S/C8H12O3/c1-3-5-6-11-7(4-2)8(9)10/h3-5H,6H2,1-2H3,(H,9,10)/b5-3+,7-4+. The fourth-order valence-corrected chi connectivity index (χ4v) is 0.503. The van der Waals surface area contributed by atoms with Crippen molar-refractivity contribution >= 4 is 5.97 Å². The third-order valence-electron chi connectivity index (χ3n) is 1.04. The van der Waals surface area contributed by atoms with Crippen LogP contribution in [0.2, 0.25) is 0 Å². The van der Waals surface area contributed by atoms with Gasteiger partial charge in [-0.3, -0.25) is 0 Å². The first-order valence-electron chi connectivity index (χ1n) is 3.36. The summed E-state index contributed by atoms with van der Waals surface area (Å²) in [5.74, 6) is -1.04. The van der Waals surface area contributed by atoms with E-state index in [-0.39, 0.29) is 5.76 Å². The first kappa shape index (κ1) is 9.75. The Hall–Kier alpha value is -1.25. The van der Waals surface area contributed by atoms with Crippen LogP contribution in [0.1, 0.15) is 13.8 Å². The van der Waals surface area contributed by atoms with Crippen molar-refractivity contribution in [2.45, 2.75) is 13.8 Å². The zero-order valence-electron chi connectivity index (χ0n) is 6.70. The van der Waals surface area contributed by atoms with Gasteiger partial charge in [0.15, 0.2) is 5.76 Å². The van der Waals surface area contributed by atoms with Crippen LogP contribution in [0.15, 0.2) is 24.0 Å². The molecule has 0 saturated carbocycles. The van der Waals surface area contributed by atoms with Crippen molar-refractivity contribution in [2.75, 3.05) is 6.61 Å². The number of carbonyl (C=O) groups is 1. The summed E-state index contributed by atoms with van der Waals surface area (Å²) in [6.07, 6.45) is 4.97. The largest absolute Gasteiger partial charge is 0.483 e. The van der Waals surface area contributed by atoms with E-state index in [1.165, 1.54) is 6.08 Å². The molecule has 0 rings (SSSR count). The maximum Gasteiger partial charge on any atom is 0.370 e. The Morgan fingerprint density at radius 1 is 1.55 bits per heavy atom. The molecule has 0 atom stereocenters. The summed E-state index contributed by atoms with van der Waals surface area (Å²) in [6, 6.07) is 0. The second-order valence-electron chi connectivity index (χ2n) is 1.84. The van der Waals surface area contributed by atoms with Crippen molar-refractivity contribution in [3.05, 3.63) is 24.0 Å². The number of hydrogen-bond donors (Lipinski definition) is 1. The molecule has 0 aromatic carbocycles. The molecule has 0 heterocycles. The Bertz CT molecular complexity index is 180. The van der Waals surface area contributed by atoms with Crippen molar-refractivity contribution in [1.29, 1.82) is 0 Å². The average Bonchev–Trinajstić information content (AvgIpc) is 1.97. The molecular weight excluding hydrogens is 144 g/mol. The third kappa shape index (κ3) is 4.19. The van der Waals surface area contributed by atoms with Gasteiger partial charge in [0, 0.05) is 0 Å². The lowest BCUT2D eigenvalue weighted by molar-refractivity contribution is -0.136. The van der Waals surface area contributed by atoms with Crippen LogP contribution in [0.4, 0.5) is 0 Å². The highest BCUT2D eigenvalue weighted by molar-refractivity contribution is 5.84. The molecule has 0 aliphatic rings. The van der Waals surface area contributed by atoms with Crippen LogP contribution in [0.5, 0.6) is 0 Å². The maximum absolute atomic E-state index is 10.3. The summed E-state index contributed by atoms with van der Waals surface area (Å²) in [5, 5.41) is 8.46. The molecule has 3 nitrogen and oxygen atoms in total. The van der Waals surface area contributed by atoms with Gasteiger partial charge in [0.1, 0.15) is 6.61 Å². The lowest BCUT2D eigenvalue weighted by Gasteiger charge is -2.01. The van der Waals surface area contributed by atoms with Gasteiger partial charge in [0.25, 0.3) is 0 Å². The summed E-state index contributed by atoms with van der Waals surface area (Å²) in [5.41, 5.74) is 0. The van der Waals surface area contributed by atoms with Gasteiger partial charge in [-0.2, -0.15) is 0 Å². The van der Waals surface area contributed by atoms with Crippen molar-refractivity contribution < 1.29 is 14.6 Å². The van der Waals surface area contributed by atoms with Gasteiger partial charge in [-0.05, 0) is 19.9 Å². The lowest BCUT2D eigenvalue weighted by atomic mass is 10.4. The molecule has 11 heavy (non-hydrogen) atoms. The minimum atomic E-state index is -1.03. The van der Waals surface area contributed by atoms with Crippen molar-refractivity contribution in [3.63, 3.8) is 0 Å². The molecule has 0 aliphatic heterocycles. The highest BCUT2D eigenvalue weighted by atomic mass is 16.5. The van der Waals surface area contributed by atoms with Crippen LogP contribution < -0.4 is 0 Å². The first-order chi connectivity index (χ1) is 5.22. The van der Waals surface area contributed by atoms with Crippen LogP contribution in [-0.2, 0) is 9.53 Å². The van der Waals surface area contributed by atoms with E-state index in [1.54, 1.807) is 19.1 Å². The molecular formula is C8H12O3. The molecule has 1 N–H and O–H groups in total. The summed E-state index contributed by atoms with van der Waals surface area (Å²) < 4.78 is 4.87. The van der Waals surface area contributed by atoms with Crippen LogP contribution in [0.3, 0.4) is 0 Å². The van der Waals surface area contributed by atoms with Crippen molar-refractivity contribution in [3.8, 4) is 0 Å². The maximum atomic E-state index is 10.3. The van der Waals surface area contributed by atoms with Crippen LogP contribution in [-0.4, -0.2) is 17.7 Å². The molecule has 0 unspecified atom stereocenters. The van der Waals surface area contributed by atoms with Crippen molar-refractivity contribution in [1.82, 2.24) is 0 Å². The van der Waals surface area contributed by atoms with Crippen LogP contribution in [0.25, 0.3) is 0 Å². The number of rotatable bonds is 4. The molecule has 0 fully saturated rings. The Balaban J connectivity index is 3.82.